The number of amides is 3. The molecule has 2 atom stereocenters. The van der Waals surface area contributed by atoms with Crippen LogP contribution in [0.1, 0.15) is 56.8 Å². The van der Waals surface area contributed by atoms with E-state index < -0.39 is 116 Å². The molecule has 2 aliphatic rings. The first kappa shape index (κ1) is 17.7. The van der Waals surface area contributed by atoms with E-state index in [9.17, 15) is 36.3 Å². The number of nitrogens with one attached hydrogen (secondary N) is 2. The second-order valence-electron chi connectivity index (χ2n) is 8.90. The van der Waals surface area contributed by atoms with Gasteiger partial charge < -0.3 is 15.1 Å². The Bertz CT molecular complexity index is 1880. The largest absolute Gasteiger partial charge is 0.406 e. The van der Waals surface area contributed by atoms with Crippen molar-refractivity contribution < 1.29 is 45.2 Å². The van der Waals surface area contributed by atoms with E-state index in [1.807, 2.05) is 0 Å². The van der Waals surface area contributed by atoms with Gasteiger partial charge in [-0.15, -0.1) is 0 Å². The highest BCUT2D eigenvalue weighted by molar-refractivity contribution is 5.87. The first-order valence-corrected chi connectivity index (χ1v) is 11.8. The van der Waals surface area contributed by atoms with Crippen LogP contribution < -0.4 is 11.0 Å². The van der Waals surface area contributed by atoms with Crippen LogP contribution in [-0.2, 0) is 4.79 Å². The molecule has 2 aromatic heterocycles. The van der Waals surface area contributed by atoms with Crippen molar-refractivity contribution in [3.05, 3.63) is 64.2 Å². The molecule has 0 radical (unpaired) electrons. The molecule has 5 rings (SSSR count). The Morgan fingerprint density at radius 1 is 1.15 bits per heavy atom. The van der Waals surface area contributed by atoms with Crippen LogP contribution in [0.25, 0.3) is 11.2 Å². The Morgan fingerprint density at radius 3 is 2.62 bits per heavy atom. The number of likely N-dealkylation sites (tertiary alicyclic amines) is 2. The predicted octanol–water partition coefficient (Wildman–Crippen LogP) is 3.69. The Balaban J connectivity index is 1.56. The van der Waals surface area contributed by atoms with Crippen molar-refractivity contribution in [1.82, 2.24) is 29.7 Å². The number of imidazole rings is 1. The number of aromatic amines is 1. The zero-order valence-electron chi connectivity index (χ0n) is 30.2. The molecule has 2 saturated heterocycles. The molecule has 214 valence electrons. The summed E-state index contributed by atoms with van der Waals surface area (Å²) in [6.45, 7) is -13.4. The molecule has 14 heteroatoms. The van der Waals surface area contributed by atoms with Gasteiger partial charge in [-0.3, -0.25) is 14.3 Å². The number of benzene rings is 1. The van der Waals surface area contributed by atoms with Crippen molar-refractivity contribution in [1.29, 1.82) is 0 Å². The first-order valence-electron chi connectivity index (χ1n) is 16.8. The SMILES string of the molecule is [2H]C1([2H])C(n2c(=O)[nH]c3ncccc32)C([2H])([2H])C([2H])([2H])N(C(=O)N[C@@H]2CC[C@@H](c3cccc(F)c3F)CN(C([2H])([2H])C(F)(F)F)C2=O)C1([2H])[2H]. The van der Waals surface area contributed by atoms with Gasteiger partial charge in [-0.2, -0.15) is 13.2 Å². The van der Waals surface area contributed by atoms with E-state index in [2.05, 4.69) is 9.97 Å². The van der Waals surface area contributed by atoms with Gasteiger partial charge in [0, 0.05) is 48.7 Å². The fraction of sp³-hybridized carbons (Fsp3) is 0.462. The zero-order valence-corrected chi connectivity index (χ0v) is 20.2. The van der Waals surface area contributed by atoms with E-state index in [4.69, 9.17) is 13.7 Å². The molecule has 2 aliphatic heterocycles. The summed E-state index contributed by atoms with van der Waals surface area (Å²) in [5, 5.41) is 1.80. The van der Waals surface area contributed by atoms with Crippen LogP contribution in [0.15, 0.2) is 41.3 Å². The van der Waals surface area contributed by atoms with E-state index in [1.54, 1.807) is 5.32 Å². The maximum atomic E-state index is 14.7. The van der Waals surface area contributed by atoms with E-state index in [0.717, 1.165) is 12.1 Å². The Morgan fingerprint density at radius 2 is 1.90 bits per heavy atom. The summed E-state index contributed by atoms with van der Waals surface area (Å²) in [5.74, 6) is -6.13. The molecule has 0 saturated carbocycles. The third-order valence-corrected chi connectivity index (χ3v) is 6.33. The Kier molecular flexibility index (Phi) is 4.81. The van der Waals surface area contributed by atoms with Crippen molar-refractivity contribution in [2.24, 2.45) is 0 Å². The number of hydrogen-bond acceptors (Lipinski definition) is 4. The number of aromatic nitrogens is 3. The van der Waals surface area contributed by atoms with Crippen LogP contribution in [0, 0.1) is 11.6 Å². The minimum Gasteiger partial charge on any atom is -0.331 e. The minimum atomic E-state index is -5.76. The molecular formula is C26H27F5N6O3. The number of urea groups is 1. The van der Waals surface area contributed by atoms with Crippen molar-refractivity contribution in [3.8, 4) is 0 Å². The number of pyridine rings is 1. The van der Waals surface area contributed by atoms with Crippen molar-refractivity contribution in [2.45, 2.75) is 49.8 Å². The molecule has 3 aromatic rings. The highest BCUT2D eigenvalue weighted by atomic mass is 19.4. The molecule has 9 nitrogen and oxygen atoms in total. The molecular weight excluding hydrogens is 539 g/mol. The van der Waals surface area contributed by atoms with Crippen molar-refractivity contribution >= 4 is 23.1 Å². The summed E-state index contributed by atoms with van der Waals surface area (Å²) in [7, 11) is 0. The standard InChI is InChI=1S/C26H27F5N6O3/c27-18-4-1-3-17(21(18)28)15-6-7-19(23(38)36(13-15)14-26(29,30)31)33-24(39)35-11-8-16(9-12-35)37-20-5-2-10-32-22(20)34-25(37)40/h1-5,10,15-16,19H,6-9,11-14H2,(H,33,39)(H,32,34,40)/t15-,19-/m1/s1/i8D2,9D2,11D2,12D2,14D2. The molecule has 0 spiro atoms. The summed E-state index contributed by atoms with van der Waals surface area (Å²) in [5.41, 5.74) is -2.15. The average Bonchev–Trinajstić information content (AvgIpc) is 3.21. The van der Waals surface area contributed by atoms with Gasteiger partial charge >= 0.3 is 17.9 Å². The smallest absolute Gasteiger partial charge is 0.331 e. The van der Waals surface area contributed by atoms with Gasteiger partial charge in [0.2, 0.25) is 5.91 Å². The van der Waals surface area contributed by atoms with Crippen molar-refractivity contribution in [2.75, 3.05) is 26.0 Å². The van der Waals surface area contributed by atoms with E-state index in [1.165, 1.54) is 18.3 Å². The lowest BCUT2D eigenvalue weighted by Crippen LogP contribution is -2.54. The van der Waals surface area contributed by atoms with Crippen LogP contribution in [0.2, 0.25) is 0 Å². The number of carbonyl (C=O) groups excluding carboxylic acids is 2. The Hall–Kier alpha value is -3.97. The van der Waals surface area contributed by atoms with E-state index in [0.29, 0.717) is 10.6 Å². The molecule has 0 bridgehead atoms. The zero-order chi connectivity index (χ0) is 37.6. The fourth-order valence-electron chi connectivity index (χ4n) is 4.53. The van der Waals surface area contributed by atoms with E-state index >= 15 is 0 Å². The monoisotopic (exact) mass is 576 g/mol. The number of piperidine rings is 1. The number of fused-ring (bicyclic) bond motifs is 1. The molecule has 2 fully saturated rings. The number of nitrogens with zero attached hydrogens (tertiary/aromatic N) is 4. The molecule has 0 aliphatic carbocycles. The maximum Gasteiger partial charge on any atom is 0.406 e. The third kappa shape index (κ3) is 5.65. The average molecular weight is 577 g/mol. The summed E-state index contributed by atoms with van der Waals surface area (Å²) in [6.07, 6.45) is -13.1. The molecule has 4 heterocycles. The molecule has 0 unspecified atom stereocenters. The van der Waals surface area contributed by atoms with Crippen molar-refractivity contribution in [3.63, 3.8) is 0 Å². The summed E-state index contributed by atoms with van der Waals surface area (Å²) in [4.78, 5) is 45.4. The number of rotatable bonds is 4. The summed E-state index contributed by atoms with van der Waals surface area (Å²) >= 11 is 0. The van der Waals surface area contributed by atoms with Gasteiger partial charge in [-0.1, -0.05) is 12.1 Å². The van der Waals surface area contributed by atoms with E-state index in [-0.39, 0.29) is 16.1 Å². The highest BCUT2D eigenvalue weighted by Gasteiger charge is 2.40. The van der Waals surface area contributed by atoms with Gasteiger partial charge in [0.05, 0.1) is 8.26 Å². The molecule has 2 N–H and O–H groups in total. The number of H-pyrrole nitrogens is 1. The molecule has 3 amide bonds. The highest BCUT2D eigenvalue weighted by Crippen LogP contribution is 2.32. The quantitative estimate of drug-likeness (QED) is 0.463. The molecule has 40 heavy (non-hydrogen) atoms. The maximum absolute atomic E-state index is 14.7. The second-order valence-corrected chi connectivity index (χ2v) is 8.90. The van der Waals surface area contributed by atoms with Gasteiger partial charge in [0.1, 0.15) is 12.5 Å². The van der Waals surface area contributed by atoms with Crippen LogP contribution in [0.4, 0.5) is 26.7 Å². The van der Waals surface area contributed by atoms with Crippen LogP contribution in [0.3, 0.4) is 0 Å². The van der Waals surface area contributed by atoms with Crippen LogP contribution in [-0.4, -0.2) is 74.5 Å². The van der Waals surface area contributed by atoms with Gasteiger partial charge in [0.25, 0.3) is 0 Å². The minimum absolute atomic E-state index is 0.183. The molecule has 1 aromatic carbocycles. The lowest BCUT2D eigenvalue weighted by atomic mass is 9.93. The van der Waals surface area contributed by atoms with Crippen LogP contribution >= 0.6 is 0 Å². The number of halogens is 5. The summed E-state index contributed by atoms with van der Waals surface area (Å²) in [6, 6.07) is -1.65. The topological polar surface area (TPSA) is 103 Å². The Labute approximate surface area is 239 Å². The van der Waals surface area contributed by atoms with Gasteiger partial charge in [0.15, 0.2) is 17.3 Å². The number of carbonyl (C=O) groups is 2. The first-order chi connectivity index (χ1) is 22.8. The summed E-state index contributed by atoms with van der Waals surface area (Å²) < 4.78 is 156. The number of hydrogen-bond donors (Lipinski definition) is 2. The predicted molar refractivity (Wildman–Crippen MR) is 133 cm³/mol. The number of alkyl halides is 3. The third-order valence-electron chi connectivity index (χ3n) is 6.33. The lowest BCUT2D eigenvalue weighted by molar-refractivity contribution is -0.162. The van der Waals surface area contributed by atoms with Crippen LogP contribution in [0.5, 0.6) is 0 Å². The fourth-order valence-corrected chi connectivity index (χ4v) is 4.53. The normalized spacial score (nSPS) is 30.2. The van der Waals surface area contributed by atoms with Gasteiger partial charge in [-0.05, 0) is 49.4 Å². The van der Waals surface area contributed by atoms with Gasteiger partial charge in [-0.25, -0.2) is 23.4 Å². The lowest BCUT2D eigenvalue weighted by Gasteiger charge is -2.34. The second kappa shape index (κ2) is 10.9.